The van der Waals surface area contributed by atoms with Crippen LogP contribution in [0.15, 0.2) is 35.2 Å². The van der Waals surface area contributed by atoms with E-state index in [0.717, 1.165) is 5.57 Å². The average molecular weight is 269 g/mol. The van der Waals surface area contributed by atoms with Crippen molar-refractivity contribution < 1.29 is 13.5 Å². The van der Waals surface area contributed by atoms with E-state index in [0.29, 0.717) is 11.1 Å². The minimum Gasteiger partial charge on any atom is -0.392 e. The minimum atomic E-state index is -3.54. The zero-order chi connectivity index (χ0) is 13.9. The molecule has 0 aliphatic carbocycles. The van der Waals surface area contributed by atoms with Gasteiger partial charge in [0.15, 0.2) is 0 Å². The Kier molecular flexibility index (Phi) is 4.67. The first-order valence-electron chi connectivity index (χ1n) is 5.60. The first kappa shape index (κ1) is 14.9. The summed E-state index contributed by atoms with van der Waals surface area (Å²) in [6, 6.07) is 4.91. The molecule has 1 rings (SSSR count). The third-order valence-electron chi connectivity index (χ3n) is 2.75. The summed E-state index contributed by atoms with van der Waals surface area (Å²) in [6.45, 7) is 7.31. The van der Waals surface area contributed by atoms with Crippen molar-refractivity contribution in [2.45, 2.75) is 25.3 Å². The molecule has 1 aromatic rings. The van der Waals surface area contributed by atoms with Gasteiger partial charge in [-0.25, -0.2) is 8.42 Å². The summed E-state index contributed by atoms with van der Waals surface area (Å²) in [4.78, 5) is 0.234. The van der Waals surface area contributed by atoms with E-state index in [-0.39, 0.29) is 18.0 Å². The normalized spacial score (nSPS) is 11.8. The molecule has 0 amide bonds. The number of aliphatic hydroxyl groups is 1. The van der Waals surface area contributed by atoms with Crippen molar-refractivity contribution in [1.29, 1.82) is 0 Å². The van der Waals surface area contributed by atoms with Crippen LogP contribution in [0.3, 0.4) is 0 Å². The highest BCUT2D eigenvalue weighted by molar-refractivity contribution is 7.89. The van der Waals surface area contributed by atoms with E-state index in [1.807, 2.05) is 0 Å². The van der Waals surface area contributed by atoms with Crippen LogP contribution in [0.5, 0.6) is 0 Å². The van der Waals surface area contributed by atoms with Gasteiger partial charge in [0.05, 0.1) is 11.5 Å². The fraction of sp³-hybridized carbons (Fsp3) is 0.385. The first-order chi connectivity index (χ1) is 8.30. The number of nitrogens with zero attached hydrogens (tertiary/aromatic N) is 1. The molecular weight excluding hydrogens is 250 g/mol. The fourth-order valence-electron chi connectivity index (χ4n) is 1.74. The van der Waals surface area contributed by atoms with Gasteiger partial charge in [-0.2, -0.15) is 4.31 Å². The molecule has 100 valence electrons. The number of hydrogen-bond donors (Lipinski definition) is 1. The highest BCUT2D eigenvalue weighted by atomic mass is 32.2. The van der Waals surface area contributed by atoms with E-state index >= 15 is 0 Å². The molecule has 0 unspecified atom stereocenters. The Morgan fingerprint density at radius 1 is 1.44 bits per heavy atom. The summed E-state index contributed by atoms with van der Waals surface area (Å²) in [5, 5.41) is 9.17. The van der Waals surface area contributed by atoms with Crippen LogP contribution in [0, 0.1) is 6.92 Å². The maximum atomic E-state index is 12.4. The van der Waals surface area contributed by atoms with Crippen molar-refractivity contribution in [2.75, 3.05) is 13.6 Å². The van der Waals surface area contributed by atoms with Gasteiger partial charge in [-0.05, 0) is 31.0 Å². The van der Waals surface area contributed by atoms with Crippen LogP contribution >= 0.6 is 0 Å². The molecule has 0 fully saturated rings. The van der Waals surface area contributed by atoms with Crippen molar-refractivity contribution >= 4 is 10.0 Å². The second-order valence-electron chi connectivity index (χ2n) is 4.42. The predicted molar refractivity (Wildman–Crippen MR) is 71.7 cm³/mol. The molecule has 0 radical (unpaired) electrons. The van der Waals surface area contributed by atoms with Crippen LogP contribution in [-0.2, 0) is 16.6 Å². The summed E-state index contributed by atoms with van der Waals surface area (Å²) in [7, 11) is -2.01. The molecule has 0 saturated heterocycles. The van der Waals surface area contributed by atoms with E-state index in [2.05, 4.69) is 6.58 Å². The van der Waals surface area contributed by atoms with Gasteiger partial charge >= 0.3 is 0 Å². The summed E-state index contributed by atoms with van der Waals surface area (Å²) in [5.41, 5.74) is 1.99. The van der Waals surface area contributed by atoms with E-state index in [9.17, 15) is 13.5 Å². The Morgan fingerprint density at radius 3 is 2.56 bits per heavy atom. The standard InChI is InChI=1S/C13H19NO3S/c1-10(2)8-14(4)18(16,17)13-7-5-6-12(9-15)11(13)3/h5-7,15H,1,8-9H2,2-4H3. The SMILES string of the molecule is C=C(C)CN(C)S(=O)(=O)c1cccc(CO)c1C. The number of hydrogen-bond acceptors (Lipinski definition) is 3. The van der Waals surface area contributed by atoms with Crippen LogP contribution in [0.2, 0.25) is 0 Å². The smallest absolute Gasteiger partial charge is 0.243 e. The lowest BCUT2D eigenvalue weighted by molar-refractivity contribution is 0.280. The van der Waals surface area contributed by atoms with Gasteiger partial charge in [-0.15, -0.1) is 0 Å². The molecule has 0 aromatic heterocycles. The molecule has 1 N–H and O–H groups in total. The van der Waals surface area contributed by atoms with Crippen LogP contribution < -0.4 is 0 Å². The number of aliphatic hydroxyl groups excluding tert-OH is 1. The lowest BCUT2D eigenvalue weighted by Gasteiger charge is -2.19. The van der Waals surface area contributed by atoms with Gasteiger partial charge in [0, 0.05) is 13.6 Å². The topological polar surface area (TPSA) is 57.6 Å². The lowest BCUT2D eigenvalue weighted by Crippen LogP contribution is -2.29. The molecule has 5 heteroatoms. The maximum absolute atomic E-state index is 12.4. The van der Waals surface area contributed by atoms with Crippen molar-refractivity contribution in [2.24, 2.45) is 0 Å². The van der Waals surface area contributed by atoms with Crippen LogP contribution in [0.1, 0.15) is 18.1 Å². The molecule has 1 aromatic carbocycles. The van der Waals surface area contributed by atoms with Gasteiger partial charge in [-0.3, -0.25) is 0 Å². The van der Waals surface area contributed by atoms with Crippen molar-refractivity contribution in [1.82, 2.24) is 4.31 Å². The largest absolute Gasteiger partial charge is 0.392 e. The Bertz CT molecular complexity index is 549. The first-order valence-corrected chi connectivity index (χ1v) is 7.04. The van der Waals surface area contributed by atoms with Crippen molar-refractivity contribution in [3.8, 4) is 0 Å². The Morgan fingerprint density at radius 2 is 2.06 bits per heavy atom. The molecule has 0 bridgehead atoms. The van der Waals surface area contributed by atoms with Crippen molar-refractivity contribution in [3.63, 3.8) is 0 Å². The Labute approximate surface area is 109 Å². The minimum absolute atomic E-state index is 0.167. The number of rotatable bonds is 5. The number of likely N-dealkylation sites (N-methyl/N-ethyl adjacent to an activating group) is 1. The monoisotopic (exact) mass is 269 g/mol. The third kappa shape index (κ3) is 2.98. The van der Waals surface area contributed by atoms with Crippen LogP contribution in [-0.4, -0.2) is 31.4 Å². The zero-order valence-corrected chi connectivity index (χ0v) is 11.8. The quantitative estimate of drug-likeness (QED) is 0.827. The second-order valence-corrected chi connectivity index (χ2v) is 6.43. The summed E-state index contributed by atoms with van der Waals surface area (Å²) < 4.78 is 26.0. The number of sulfonamides is 1. The molecule has 0 spiro atoms. The summed E-state index contributed by atoms with van der Waals surface area (Å²) in [5.74, 6) is 0. The van der Waals surface area contributed by atoms with Gasteiger partial charge in [-0.1, -0.05) is 24.3 Å². The van der Waals surface area contributed by atoms with Gasteiger partial charge in [0.2, 0.25) is 10.0 Å². The molecule has 0 saturated carbocycles. The van der Waals surface area contributed by atoms with Gasteiger partial charge in [0.1, 0.15) is 0 Å². The van der Waals surface area contributed by atoms with Gasteiger partial charge < -0.3 is 5.11 Å². The molecule has 18 heavy (non-hydrogen) atoms. The molecule has 0 aliphatic heterocycles. The second kappa shape index (κ2) is 5.65. The molecule has 0 aliphatic rings. The van der Waals surface area contributed by atoms with Crippen molar-refractivity contribution in [3.05, 3.63) is 41.5 Å². The Hall–Kier alpha value is -1.17. The summed E-state index contributed by atoms with van der Waals surface area (Å²) >= 11 is 0. The predicted octanol–water partition coefficient (Wildman–Crippen LogP) is 1.68. The summed E-state index contributed by atoms with van der Waals surface area (Å²) in [6.07, 6.45) is 0. The fourth-order valence-corrected chi connectivity index (χ4v) is 3.24. The maximum Gasteiger partial charge on any atom is 0.243 e. The highest BCUT2D eigenvalue weighted by Crippen LogP contribution is 2.22. The number of benzene rings is 1. The Balaban J connectivity index is 3.24. The lowest BCUT2D eigenvalue weighted by atomic mass is 10.1. The molecular formula is C13H19NO3S. The van der Waals surface area contributed by atoms with E-state index < -0.39 is 10.0 Å². The zero-order valence-electron chi connectivity index (χ0n) is 11.0. The molecule has 0 atom stereocenters. The molecule has 4 nitrogen and oxygen atoms in total. The van der Waals surface area contributed by atoms with Gasteiger partial charge in [0.25, 0.3) is 0 Å². The third-order valence-corrected chi connectivity index (χ3v) is 4.70. The highest BCUT2D eigenvalue weighted by Gasteiger charge is 2.23. The van der Waals surface area contributed by atoms with E-state index in [1.165, 1.54) is 11.4 Å². The van der Waals surface area contributed by atoms with E-state index in [1.54, 1.807) is 32.0 Å². The van der Waals surface area contributed by atoms with E-state index in [4.69, 9.17) is 0 Å². The average Bonchev–Trinajstić information content (AvgIpc) is 2.28. The molecule has 0 heterocycles. The van der Waals surface area contributed by atoms with Crippen LogP contribution in [0.25, 0.3) is 0 Å². The van der Waals surface area contributed by atoms with Crippen LogP contribution in [0.4, 0.5) is 0 Å².